The van der Waals surface area contributed by atoms with Gasteiger partial charge in [0, 0.05) is 0 Å². The minimum atomic E-state index is -1.34. The highest BCUT2D eigenvalue weighted by Gasteiger charge is 2.23. The van der Waals surface area contributed by atoms with Crippen LogP contribution in [0, 0.1) is 11.6 Å². The molecule has 128 valence electrons. The summed E-state index contributed by atoms with van der Waals surface area (Å²) in [5, 5.41) is 13.0. The normalized spacial score (nSPS) is 13.2. The van der Waals surface area contributed by atoms with Crippen LogP contribution in [0.15, 0.2) is 42.5 Å². The quantitative estimate of drug-likeness (QED) is 0.853. The first-order chi connectivity index (χ1) is 11.3. The molecular weight excluding hydrogens is 316 g/mol. The van der Waals surface area contributed by atoms with Gasteiger partial charge in [0.2, 0.25) is 5.91 Å². The third-order valence-corrected chi connectivity index (χ3v) is 3.68. The molecule has 0 heterocycles. The van der Waals surface area contributed by atoms with Gasteiger partial charge in [-0.2, -0.15) is 0 Å². The van der Waals surface area contributed by atoms with Crippen molar-refractivity contribution in [2.24, 2.45) is 0 Å². The molecule has 0 fully saturated rings. The highest BCUT2D eigenvalue weighted by Crippen LogP contribution is 2.20. The van der Waals surface area contributed by atoms with Crippen molar-refractivity contribution in [3.63, 3.8) is 0 Å². The number of ether oxygens (including phenoxy) is 1. The number of benzene rings is 2. The van der Waals surface area contributed by atoms with Crippen LogP contribution in [-0.2, 0) is 16.8 Å². The topological polar surface area (TPSA) is 58.6 Å². The highest BCUT2D eigenvalue weighted by molar-refractivity contribution is 5.78. The van der Waals surface area contributed by atoms with Crippen molar-refractivity contribution < 1.29 is 23.4 Å². The molecule has 0 saturated carbocycles. The van der Waals surface area contributed by atoms with Crippen LogP contribution >= 0.6 is 0 Å². The number of rotatable bonds is 6. The summed E-state index contributed by atoms with van der Waals surface area (Å²) in [5.74, 6) is -1.19. The van der Waals surface area contributed by atoms with Crippen LogP contribution in [0.25, 0.3) is 0 Å². The second-order valence-electron chi connectivity index (χ2n) is 5.70. The predicted molar refractivity (Wildman–Crippen MR) is 85.6 cm³/mol. The lowest BCUT2D eigenvalue weighted by Crippen LogP contribution is -2.39. The minimum absolute atomic E-state index is 0.0274. The molecular formula is C18H19F2NO3. The predicted octanol–water partition coefficient (Wildman–Crippen LogP) is 2.54. The van der Waals surface area contributed by atoms with Crippen LogP contribution in [0.3, 0.4) is 0 Å². The average molecular weight is 335 g/mol. The molecule has 0 aliphatic rings. The summed E-state index contributed by atoms with van der Waals surface area (Å²) in [7, 11) is 1.36. The van der Waals surface area contributed by atoms with E-state index in [0.717, 1.165) is 0 Å². The highest BCUT2D eigenvalue weighted by atomic mass is 19.1. The van der Waals surface area contributed by atoms with Crippen LogP contribution in [0.5, 0.6) is 5.75 Å². The Hall–Kier alpha value is -2.47. The van der Waals surface area contributed by atoms with Gasteiger partial charge in [0.05, 0.1) is 20.1 Å². The van der Waals surface area contributed by atoms with Gasteiger partial charge < -0.3 is 15.2 Å². The molecule has 2 aromatic rings. The molecule has 2 aromatic carbocycles. The number of halogens is 2. The van der Waals surface area contributed by atoms with Gasteiger partial charge in [0.15, 0.2) is 11.6 Å². The smallest absolute Gasteiger partial charge is 0.224 e. The van der Waals surface area contributed by atoms with Gasteiger partial charge >= 0.3 is 0 Å². The van der Waals surface area contributed by atoms with Gasteiger partial charge in [-0.25, -0.2) is 8.78 Å². The van der Waals surface area contributed by atoms with Gasteiger partial charge in [-0.15, -0.1) is 0 Å². The number of carbonyl (C=O) groups excluding carboxylic acids is 1. The SMILES string of the molecule is COc1ccc(CC(=O)NC[C@@](C)(O)c2ccc(F)cc2)cc1F. The first kappa shape index (κ1) is 17.9. The summed E-state index contributed by atoms with van der Waals surface area (Å²) in [6.07, 6.45) is -0.0274. The molecule has 0 radical (unpaired) electrons. The molecule has 1 atom stereocenters. The molecule has 0 bridgehead atoms. The number of carbonyl (C=O) groups is 1. The van der Waals surface area contributed by atoms with Crippen LogP contribution < -0.4 is 10.1 Å². The Balaban J connectivity index is 1.95. The Kier molecular flexibility index (Phi) is 5.51. The van der Waals surface area contributed by atoms with E-state index in [1.807, 2.05) is 0 Å². The molecule has 1 amide bonds. The lowest BCUT2D eigenvalue weighted by Gasteiger charge is -2.24. The molecule has 0 unspecified atom stereocenters. The average Bonchev–Trinajstić information content (AvgIpc) is 2.54. The van der Waals surface area contributed by atoms with Crippen LogP contribution in [0.1, 0.15) is 18.1 Å². The van der Waals surface area contributed by atoms with Crippen molar-refractivity contribution in [2.75, 3.05) is 13.7 Å². The zero-order chi connectivity index (χ0) is 17.7. The van der Waals surface area contributed by atoms with E-state index in [0.29, 0.717) is 11.1 Å². The Morgan fingerprint density at radius 2 is 1.88 bits per heavy atom. The third-order valence-electron chi connectivity index (χ3n) is 3.68. The van der Waals surface area contributed by atoms with Gasteiger partial charge in [-0.3, -0.25) is 4.79 Å². The van der Waals surface area contributed by atoms with E-state index in [-0.39, 0.29) is 24.6 Å². The molecule has 0 spiro atoms. The Bertz CT molecular complexity index is 715. The molecule has 0 aliphatic carbocycles. The zero-order valence-corrected chi connectivity index (χ0v) is 13.5. The molecule has 4 nitrogen and oxygen atoms in total. The van der Waals surface area contributed by atoms with E-state index in [1.165, 1.54) is 50.4 Å². The second-order valence-corrected chi connectivity index (χ2v) is 5.70. The standard InChI is InChI=1S/C18H19F2NO3/c1-18(23,13-4-6-14(19)7-5-13)11-21-17(22)10-12-3-8-16(24-2)15(20)9-12/h3-9,23H,10-11H2,1-2H3,(H,21,22)/t18-/m1/s1. The van der Waals surface area contributed by atoms with E-state index >= 15 is 0 Å². The number of aliphatic hydroxyl groups is 1. The van der Waals surface area contributed by atoms with Crippen LogP contribution in [0.2, 0.25) is 0 Å². The summed E-state index contributed by atoms with van der Waals surface area (Å²) in [6.45, 7) is 1.48. The number of hydrogen-bond acceptors (Lipinski definition) is 3. The number of amides is 1. The summed E-state index contributed by atoms with van der Waals surface area (Å²) in [5.41, 5.74) is -0.360. The molecule has 24 heavy (non-hydrogen) atoms. The summed E-state index contributed by atoms with van der Waals surface area (Å²) in [4.78, 5) is 12.0. The molecule has 0 saturated heterocycles. The molecule has 0 aliphatic heterocycles. The summed E-state index contributed by atoms with van der Waals surface area (Å²) in [6, 6.07) is 9.68. The van der Waals surface area contributed by atoms with Gasteiger partial charge in [0.1, 0.15) is 11.4 Å². The molecule has 2 rings (SSSR count). The monoisotopic (exact) mass is 335 g/mol. The largest absolute Gasteiger partial charge is 0.494 e. The third kappa shape index (κ3) is 4.52. The fourth-order valence-corrected chi connectivity index (χ4v) is 2.25. The van der Waals surface area contributed by atoms with E-state index in [1.54, 1.807) is 6.07 Å². The molecule has 0 aromatic heterocycles. The van der Waals surface area contributed by atoms with Crippen LogP contribution in [0.4, 0.5) is 8.78 Å². The lowest BCUT2D eigenvalue weighted by molar-refractivity contribution is -0.121. The van der Waals surface area contributed by atoms with Gasteiger partial charge in [-0.1, -0.05) is 18.2 Å². The van der Waals surface area contributed by atoms with Crippen molar-refractivity contribution in [1.82, 2.24) is 5.32 Å². The maximum atomic E-state index is 13.6. The van der Waals surface area contributed by atoms with Gasteiger partial charge in [-0.05, 0) is 42.3 Å². The fraction of sp³-hybridized carbons (Fsp3) is 0.278. The lowest BCUT2D eigenvalue weighted by atomic mass is 9.96. The Labute approximate surface area is 139 Å². The first-order valence-electron chi connectivity index (χ1n) is 7.39. The van der Waals surface area contributed by atoms with E-state index in [2.05, 4.69) is 5.32 Å². The fourth-order valence-electron chi connectivity index (χ4n) is 2.25. The second kappa shape index (κ2) is 7.40. The van der Waals surface area contributed by atoms with E-state index in [4.69, 9.17) is 4.74 Å². The van der Waals surface area contributed by atoms with E-state index in [9.17, 15) is 18.7 Å². The summed E-state index contributed by atoms with van der Waals surface area (Å²) >= 11 is 0. The molecule has 2 N–H and O–H groups in total. The number of nitrogens with one attached hydrogen (secondary N) is 1. The van der Waals surface area contributed by atoms with Crippen molar-refractivity contribution in [1.29, 1.82) is 0 Å². The molecule has 6 heteroatoms. The van der Waals surface area contributed by atoms with Crippen molar-refractivity contribution in [3.8, 4) is 5.75 Å². The van der Waals surface area contributed by atoms with E-state index < -0.39 is 17.2 Å². The number of hydrogen-bond donors (Lipinski definition) is 2. The van der Waals surface area contributed by atoms with Crippen molar-refractivity contribution in [2.45, 2.75) is 18.9 Å². The maximum Gasteiger partial charge on any atom is 0.224 e. The van der Waals surface area contributed by atoms with Crippen molar-refractivity contribution in [3.05, 3.63) is 65.2 Å². The first-order valence-corrected chi connectivity index (χ1v) is 7.39. The van der Waals surface area contributed by atoms with Crippen LogP contribution in [-0.4, -0.2) is 24.7 Å². The van der Waals surface area contributed by atoms with Crippen molar-refractivity contribution >= 4 is 5.91 Å². The zero-order valence-electron chi connectivity index (χ0n) is 13.5. The minimum Gasteiger partial charge on any atom is -0.494 e. The summed E-state index contributed by atoms with van der Waals surface area (Å²) < 4.78 is 31.3. The number of methoxy groups -OCH3 is 1. The Morgan fingerprint density at radius 3 is 2.46 bits per heavy atom. The Morgan fingerprint density at radius 1 is 1.21 bits per heavy atom. The maximum absolute atomic E-state index is 13.6. The van der Waals surface area contributed by atoms with Gasteiger partial charge in [0.25, 0.3) is 0 Å².